The second-order valence-electron chi connectivity index (χ2n) is 4.09. The maximum atomic E-state index is 10.7. The molecule has 1 fully saturated rings. The molecular weight excluding hydrogens is 263 g/mol. The van der Waals surface area contributed by atoms with Crippen molar-refractivity contribution in [1.82, 2.24) is 5.06 Å². The Morgan fingerprint density at radius 1 is 1.41 bits per heavy atom. The third kappa shape index (κ3) is 2.34. The van der Waals surface area contributed by atoms with E-state index in [4.69, 9.17) is 28.9 Å². The van der Waals surface area contributed by atoms with E-state index >= 15 is 0 Å². The van der Waals surface area contributed by atoms with Crippen molar-refractivity contribution in [2.45, 2.75) is 10.3 Å². The molecule has 2 amide bonds. The third-order valence-corrected chi connectivity index (χ3v) is 4.02. The van der Waals surface area contributed by atoms with Crippen molar-refractivity contribution in [1.29, 1.82) is 0 Å². The van der Waals surface area contributed by atoms with Crippen LogP contribution in [0.2, 0.25) is 0 Å². The summed E-state index contributed by atoms with van der Waals surface area (Å²) >= 11 is 12.3. The minimum absolute atomic E-state index is 0.0297. The van der Waals surface area contributed by atoms with E-state index in [1.54, 1.807) is 0 Å². The summed E-state index contributed by atoms with van der Waals surface area (Å²) in [5, 5.41) is 9.71. The first-order valence-corrected chi connectivity index (χ1v) is 5.88. The van der Waals surface area contributed by atoms with Crippen molar-refractivity contribution in [3.63, 3.8) is 0 Å². The Morgan fingerprint density at radius 3 is 2.53 bits per heavy atom. The lowest BCUT2D eigenvalue weighted by molar-refractivity contribution is -0.0433. The quantitative estimate of drug-likeness (QED) is 0.505. The molecule has 2 atom stereocenters. The van der Waals surface area contributed by atoms with E-state index in [0.29, 0.717) is 5.06 Å². The summed E-state index contributed by atoms with van der Waals surface area (Å²) in [4.78, 5) is 10.7. The van der Waals surface area contributed by atoms with E-state index in [1.165, 1.54) is 0 Å². The summed E-state index contributed by atoms with van der Waals surface area (Å²) < 4.78 is -0.961. The number of hydrogen-bond acceptors (Lipinski definition) is 2. The monoisotopic (exact) mass is 274 g/mol. The molecule has 0 bridgehead atoms. The van der Waals surface area contributed by atoms with Gasteiger partial charge in [-0.15, -0.1) is 23.2 Å². The molecule has 0 unspecified atom stereocenters. The van der Waals surface area contributed by atoms with Gasteiger partial charge in [-0.25, -0.2) is 9.86 Å². The summed E-state index contributed by atoms with van der Waals surface area (Å²) in [6.07, 6.45) is 0. The fraction of sp³-hybridized carbons (Fsp3) is 0.364. The van der Waals surface area contributed by atoms with E-state index < -0.39 is 10.4 Å². The van der Waals surface area contributed by atoms with Crippen molar-refractivity contribution in [3.8, 4) is 0 Å². The predicted molar refractivity (Wildman–Crippen MR) is 65.2 cm³/mol. The molecule has 17 heavy (non-hydrogen) atoms. The zero-order valence-electron chi connectivity index (χ0n) is 8.88. The number of halogens is 2. The molecule has 3 N–H and O–H groups in total. The molecule has 0 aliphatic heterocycles. The normalized spacial score (nSPS) is 25.4. The van der Waals surface area contributed by atoms with Crippen molar-refractivity contribution < 1.29 is 10.0 Å². The predicted octanol–water partition coefficient (Wildman–Crippen LogP) is 2.34. The molecule has 0 radical (unpaired) electrons. The smallest absolute Gasteiger partial charge is 0.338 e. The molecule has 4 nitrogen and oxygen atoms in total. The number of nitrogens with zero attached hydrogens (tertiary/aromatic N) is 1. The van der Waals surface area contributed by atoms with Gasteiger partial charge in [-0.1, -0.05) is 30.3 Å². The lowest BCUT2D eigenvalue weighted by Crippen LogP contribution is -2.34. The van der Waals surface area contributed by atoms with Crippen LogP contribution in [0.15, 0.2) is 30.3 Å². The summed E-state index contributed by atoms with van der Waals surface area (Å²) in [5.74, 6) is -0.313. The summed E-state index contributed by atoms with van der Waals surface area (Å²) in [6.45, 7) is 0.0297. The summed E-state index contributed by atoms with van der Waals surface area (Å²) in [7, 11) is 0. The number of carbonyl (C=O) groups excluding carboxylic acids is 1. The number of rotatable bonds is 3. The Kier molecular flexibility index (Phi) is 3.21. The van der Waals surface area contributed by atoms with Gasteiger partial charge in [0.05, 0.1) is 6.54 Å². The largest absolute Gasteiger partial charge is 0.350 e. The molecule has 1 aliphatic carbocycles. The molecule has 0 saturated heterocycles. The number of benzene rings is 1. The Bertz CT molecular complexity index is 425. The maximum absolute atomic E-state index is 10.7. The number of carbonyl (C=O) groups is 1. The van der Waals surface area contributed by atoms with Crippen molar-refractivity contribution >= 4 is 29.2 Å². The van der Waals surface area contributed by atoms with E-state index in [9.17, 15) is 10.0 Å². The highest BCUT2D eigenvalue weighted by molar-refractivity contribution is 6.52. The van der Waals surface area contributed by atoms with Crippen molar-refractivity contribution in [2.75, 3.05) is 6.54 Å². The van der Waals surface area contributed by atoms with Gasteiger partial charge >= 0.3 is 6.03 Å². The van der Waals surface area contributed by atoms with Crippen LogP contribution in [0.25, 0.3) is 0 Å². The average Bonchev–Trinajstić information content (AvgIpc) is 2.81. The number of hydrogen-bond donors (Lipinski definition) is 2. The molecule has 1 saturated carbocycles. The molecule has 1 aromatic carbocycles. The molecule has 0 heterocycles. The molecule has 1 aromatic rings. The zero-order chi connectivity index (χ0) is 12.6. The van der Waals surface area contributed by atoms with Crippen LogP contribution in [0.3, 0.4) is 0 Å². The van der Waals surface area contributed by atoms with Gasteiger partial charge < -0.3 is 5.73 Å². The number of alkyl halides is 2. The molecule has 1 aliphatic rings. The van der Waals surface area contributed by atoms with Gasteiger partial charge in [-0.05, 0) is 5.56 Å². The number of primary amides is 1. The molecular formula is C11H12Cl2N2O2. The first-order chi connectivity index (χ1) is 7.94. The average molecular weight is 275 g/mol. The topological polar surface area (TPSA) is 66.6 Å². The molecule has 6 heteroatoms. The first kappa shape index (κ1) is 12.5. The highest BCUT2D eigenvalue weighted by atomic mass is 35.5. The Labute approximate surface area is 109 Å². The van der Waals surface area contributed by atoms with Crippen LogP contribution in [0.5, 0.6) is 0 Å². The molecule has 92 valence electrons. The molecule has 2 rings (SSSR count). The van der Waals surface area contributed by atoms with Gasteiger partial charge in [0.25, 0.3) is 0 Å². The second-order valence-corrected chi connectivity index (χ2v) is 5.53. The number of amides is 2. The van der Waals surface area contributed by atoms with Crippen LogP contribution in [-0.2, 0) is 0 Å². The van der Waals surface area contributed by atoms with Crippen LogP contribution < -0.4 is 5.73 Å². The fourth-order valence-electron chi connectivity index (χ4n) is 2.01. The van der Waals surface area contributed by atoms with Gasteiger partial charge in [0.15, 0.2) is 0 Å². The lowest BCUT2D eigenvalue weighted by atomic mass is 10.1. The number of urea groups is 1. The van der Waals surface area contributed by atoms with E-state index in [2.05, 4.69) is 0 Å². The second kappa shape index (κ2) is 4.37. The first-order valence-electron chi connectivity index (χ1n) is 5.13. The third-order valence-electron chi connectivity index (χ3n) is 2.98. The highest BCUT2D eigenvalue weighted by Gasteiger charge is 2.64. The standard InChI is InChI=1S/C11H12Cl2N2O2/c12-11(13)8(6-15(17)10(14)16)9(11)7-4-2-1-3-5-7/h1-5,8-9,17H,6H2,(H2,14,16)/t8-,9-/m1/s1. The summed E-state index contributed by atoms with van der Waals surface area (Å²) in [6, 6.07) is 8.59. The number of hydroxylamine groups is 2. The van der Waals surface area contributed by atoms with E-state index in [1.807, 2.05) is 30.3 Å². The van der Waals surface area contributed by atoms with Crippen LogP contribution >= 0.6 is 23.2 Å². The van der Waals surface area contributed by atoms with Crippen LogP contribution in [0.1, 0.15) is 11.5 Å². The lowest BCUT2D eigenvalue weighted by Gasteiger charge is -2.11. The van der Waals surface area contributed by atoms with Gasteiger partial charge in [0.1, 0.15) is 4.33 Å². The van der Waals surface area contributed by atoms with Crippen molar-refractivity contribution in [2.24, 2.45) is 11.7 Å². The maximum Gasteiger partial charge on any atom is 0.338 e. The minimum atomic E-state index is -0.961. The van der Waals surface area contributed by atoms with Crippen LogP contribution in [-0.4, -0.2) is 27.2 Å². The fourth-order valence-corrected chi connectivity index (χ4v) is 2.83. The SMILES string of the molecule is NC(=O)N(O)C[C@@H]1[C@@H](c2ccccc2)C1(Cl)Cl. The van der Waals surface area contributed by atoms with Crippen LogP contribution in [0, 0.1) is 5.92 Å². The van der Waals surface area contributed by atoms with Gasteiger partial charge in [-0.3, -0.25) is 5.21 Å². The molecule has 0 aromatic heterocycles. The Hall–Kier alpha value is -0.970. The number of nitrogens with two attached hydrogens (primary N) is 1. The van der Waals surface area contributed by atoms with Gasteiger partial charge in [0.2, 0.25) is 0 Å². The zero-order valence-corrected chi connectivity index (χ0v) is 10.4. The van der Waals surface area contributed by atoms with E-state index in [0.717, 1.165) is 5.56 Å². The van der Waals surface area contributed by atoms with E-state index in [-0.39, 0.29) is 18.4 Å². The van der Waals surface area contributed by atoms with Crippen molar-refractivity contribution in [3.05, 3.63) is 35.9 Å². The van der Waals surface area contributed by atoms with Gasteiger partial charge in [-0.2, -0.15) is 0 Å². The molecule has 0 spiro atoms. The minimum Gasteiger partial charge on any atom is -0.350 e. The Morgan fingerprint density at radius 2 is 2.00 bits per heavy atom. The summed E-state index contributed by atoms with van der Waals surface area (Å²) in [5.41, 5.74) is 5.92. The Balaban J connectivity index is 2.09. The van der Waals surface area contributed by atoms with Gasteiger partial charge in [0, 0.05) is 11.8 Å². The highest BCUT2D eigenvalue weighted by Crippen LogP contribution is 2.64. The van der Waals surface area contributed by atoms with Crippen LogP contribution in [0.4, 0.5) is 4.79 Å².